The molecule has 80 heavy (non-hydrogen) atoms. The predicted molar refractivity (Wildman–Crippen MR) is 278 cm³/mol. The van der Waals surface area contributed by atoms with Gasteiger partial charge >= 0.3 is 10.6 Å². The Labute approximate surface area is 455 Å². The maximum atomic E-state index is 12.9. The van der Waals surface area contributed by atoms with Crippen LogP contribution in [-0.4, -0.2) is 120 Å². The van der Waals surface area contributed by atoms with E-state index in [9.17, 15) is 80.2 Å². The minimum atomic E-state index is -5.19. The van der Waals surface area contributed by atoms with Crippen molar-refractivity contribution in [2.75, 3.05) is 12.4 Å². The van der Waals surface area contributed by atoms with Gasteiger partial charge in [-0.05, 0) is 85.8 Å². The molecule has 0 unspecified atom stereocenters. The zero-order chi connectivity index (χ0) is 59.0. The Kier molecular flexibility index (Phi) is 17.1. The minimum Gasteiger partial charge on any atom is -0.505 e. The summed E-state index contributed by atoms with van der Waals surface area (Å²) in [5, 5.41) is 60.1. The quantitative estimate of drug-likeness (QED) is 0.0254. The van der Waals surface area contributed by atoms with Crippen LogP contribution in [0.1, 0.15) is 23.2 Å². The third-order valence-electron chi connectivity index (χ3n) is 10.9. The van der Waals surface area contributed by atoms with E-state index in [0.717, 1.165) is 46.4 Å². The van der Waals surface area contributed by atoms with Gasteiger partial charge in [0.15, 0.2) is 11.4 Å². The average molecular weight is 1240 g/mol. The Morgan fingerprint density at radius 1 is 0.637 bits per heavy atom. The monoisotopic (exact) mass is 1240 g/mol. The van der Waals surface area contributed by atoms with Gasteiger partial charge in [0.05, 0.1) is 51.1 Å². The molecule has 0 amide bonds. The van der Waals surface area contributed by atoms with E-state index in [1.807, 2.05) is 0 Å². The van der Waals surface area contributed by atoms with Gasteiger partial charge in [-0.15, -0.1) is 43.3 Å². The summed E-state index contributed by atoms with van der Waals surface area (Å²) in [4.78, 5) is 1.12. The van der Waals surface area contributed by atoms with E-state index in [0.29, 0.717) is 11.6 Å². The molecule has 2 aromatic heterocycles. The lowest BCUT2D eigenvalue weighted by Gasteiger charge is -2.11. The fraction of sp³-hybridized carbons (Fsp3) is 0.143. The van der Waals surface area contributed by atoms with Crippen LogP contribution in [0.25, 0.3) is 37.4 Å². The standard InChI is InChI=1S/C42H35N9O19S6.O3S/c1-20-14-33(34(70-12-3-13-72(55,56)57)18-32(20)46-49-42-43-30-9-4-22(19-52)39(38(30)71-42)75(64,65)66)47-44-29-10-8-28-27(37(29)53)7-11-31(40(28)76(67,68)69)45-48-36-21(2)50-51(41(36)54)24-5-6-26-23(15-24)16-25(73(58,59)60)17-35(26)74(61,62)63;1-4(2)3/h4-11,14-18,52-54H,3,12-13,19H2,1-2H3,(H,55,56,57)(H,58,59,60)(H,61,62,63)(H,64,65,66)(H,67,68,69);. The van der Waals surface area contributed by atoms with Gasteiger partial charge in [0, 0.05) is 27.8 Å². The summed E-state index contributed by atoms with van der Waals surface area (Å²) in [7, 11) is -27.4. The molecule has 8 aromatic rings. The van der Waals surface area contributed by atoms with Crippen LogP contribution < -0.4 is 4.74 Å². The number of azo groups is 3. The number of aliphatic hydroxyl groups excluding tert-OH is 1. The van der Waals surface area contributed by atoms with E-state index in [1.165, 1.54) is 49.4 Å². The summed E-state index contributed by atoms with van der Waals surface area (Å²) < 4.78 is 202. The first kappa shape index (κ1) is 59.9. The Morgan fingerprint density at radius 2 is 1.25 bits per heavy atom. The van der Waals surface area contributed by atoms with Crippen LogP contribution in [0.4, 0.5) is 33.6 Å². The zero-order valence-electron chi connectivity index (χ0n) is 40.0. The highest BCUT2D eigenvalue weighted by Crippen LogP contribution is 2.45. The number of phenols is 1. The molecular weight excluding hydrogens is 1210 g/mol. The summed E-state index contributed by atoms with van der Waals surface area (Å²) >= 11 is 0.751. The Bertz CT molecular complexity index is 4680. The van der Waals surface area contributed by atoms with Gasteiger partial charge < -0.3 is 20.1 Å². The van der Waals surface area contributed by atoms with Gasteiger partial charge in [-0.25, -0.2) is 4.98 Å². The van der Waals surface area contributed by atoms with Crippen LogP contribution in [0.15, 0.2) is 129 Å². The SMILES string of the molecule is Cc1cc(N=Nc2ccc3c(S(=O)(=O)O)c(N=Nc4c(C)nn(-c5ccc6c(S(=O)(=O)O)cc(S(=O)(=O)O)cc6c5)c4O)ccc3c2O)c(OCCCS(=O)(=O)O)cc1N=Nc1nc2ccc(CO)c(S(=O)(=O)O)c2s1.O=S(=O)=O. The van der Waals surface area contributed by atoms with Crippen LogP contribution in [0, 0.1) is 13.8 Å². The number of phenolic OH excluding ortho intramolecular Hbond substituents is 1. The van der Waals surface area contributed by atoms with Crippen molar-refractivity contribution in [2.45, 2.75) is 46.5 Å². The van der Waals surface area contributed by atoms with Crippen LogP contribution >= 0.6 is 11.3 Å². The van der Waals surface area contributed by atoms with Crippen molar-refractivity contribution in [3.05, 3.63) is 95.7 Å². The largest absolute Gasteiger partial charge is 0.505 e. The first-order valence-corrected chi connectivity index (χ1v) is 30.7. The molecule has 0 aliphatic rings. The van der Waals surface area contributed by atoms with Crippen LogP contribution in [0.2, 0.25) is 0 Å². The molecule has 0 fully saturated rings. The normalized spacial score (nSPS) is 12.8. The zero-order valence-corrected chi connectivity index (χ0v) is 45.7. The number of benzene rings is 6. The third-order valence-corrected chi connectivity index (χ3v) is 16.5. The summed E-state index contributed by atoms with van der Waals surface area (Å²) in [5.74, 6) is -2.10. The van der Waals surface area contributed by atoms with Gasteiger partial charge in [0.1, 0.15) is 37.5 Å². The molecular formula is C42H35N9O22S7. The van der Waals surface area contributed by atoms with Crippen LogP contribution in [0.3, 0.4) is 0 Å². The maximum Gasteiger partial charge on any atom is 0.425 e. The number of hydrogen-bond acceptors (Lipinski definition) is 26. The molecule has 0 bridgehead atoms. The Morgan fingerprint density at radius 3 is 1.88 bits per heavy atom. The molecule has 6 aromatic carbocycles. The number of aromatic nitrogens is 3. The molecule has 2 heterocycles. The molecule has 0 atom stereocenters. The summed E-state index contributed by atoms with van der Waals surface area (Å²) in [5.41, 5.74) is -0.589. The highest BCUT2D eigenvalue weighted by Gasteiger charge is 2.26. The number of ether oxygens (including phenoxy) is 1. The lowest BCUT2D eigenvalue weighted by atomic mass is 10.1. The Hall–Kier alpha value is -7.73. The maximum absolute atomic E-state index is 12.9. The molecule has 0 aliphatic carbocycles. The Balaban J connectivity index is 0.00000223. The number of nitrogens with zero attached hydrogens (tertiary/aromatic N) is 9. The number of hydrogen-bond donors (Lipinski definition) is 8. The van der Waals surface area contributed by atoms with Crippen molar-refractivity contribution in [3.8, 4) is 23.1 Å². The van der Waals surface area contributed by atoms with E-state index in [4.69, 9.17) is 17.4 Å². The topological polar surface area (TPSA) is 498 Å². The minimum absolute atomic E-state index is 0.00361. The lowest BCUT2D eigenvalue weighted by molar-refractivity contribution is 0.278. The second-order valence-corrected chi connectivity index (χ2v) is 24.8. The summed E-state index contributed by atoms with van der Waals surface area (Å²) in [6.45, 7) is 1.96. The molecule has 0 spiro atoms. The van der Waals surface area contributed by atoms with Gasteiger partial charge in [-0.1, -0.05) is 29.5 Å². The predicted octanol–water partition coefficient (Wildman–Crippen LogP) is 7.19. The van der Waals surface area contributed by atoms with Gasteiger partial charge in [0.2, 0.25) is 11.0 Å². The van der Waals surface area contributed by atoms with Crippen molar-refractivity contribution in [2.24, 2.45) is 30.7 Å². The molecule has 0 saturated carbocycles. The fourth-order valence-electron chi connectivity index (χ4n) is 7.51. The summed E-state index contributed by atoms with van der Waals surface area (Å²) in [6.07, 6.45) is -0.189. The smallest absolute Gasteiger partial charge is 0.425 e. The third kappa shape index (κ3) is 13.6. The number of aryl methyl sites for hydroxylation is 2. The molecule has 422 valence electrons. The second-order valence-electron chi connectivity index (χ2n) is 16.3. The lowest BCUT2D eigenvalue weighted by Crippen LogP contribution is -2.08. The molecule has 0 aliphatic heterocycles. The van der Waals surface area contributed by atoms with E-state index in [1.54, 1.807) is 6.92 Å². The number of rotatable bonds is 17. The first-order chi connectivity index (χ1) is 37.2. The molecule has 38 heteroatoms. The van der Waals surface area contributed by atoms with Crippen molar-refractivity contribution in [1.29, 1.82) is 0 Å². The molecule has 31 nitrogen and oxygen atoms in total. The molecule has 0 saturated heterocycles. The molecule has 8 N–H and O–H groups in total. The van der Waals surface area contributed by atoms with Crippen molar-refractivity contribution in [3.63, 3.8) is 0 Å². The van der Waals surface area contributed by atoms with E-state index in [2.05, 4.69) is 40.8 Å². The van der Waals surface area contributed by atoms with Crippen LogP contribution in [-0.2, 0) is 67.8 Å². The van der Waals surface area contributed by atoms with E-state index >= 15 is 0 Å². The summed E-state index contributed by atoms with van der Waals surface area (Å²) in [6, 6.07) is 15.0. The van der Waals surface area contributed by atoms with Gasteiger partial charge in [-0.2, -0.15) is 51.9 Å². The van der Waals surface area contributed by atoms with Gasteiger partial charge in [0.25, 0.3) is 50.6 Å². The first-order valence-electron chi connectivity index (χ1n) is 21.5. The number of thiazole rings is 1. The number of aliphatic hydroxyl groups is 1. The van der Waals surface area contributed by atoms with Crippen LogP contribution in [0.5, 0.6) is 17.4 Å². The highest BCUT2D eigenvalue weighted by atomic mass is 32.2. The molecule has 0 radical (unpaired) electrons. The fourth-order valence-corrected chi connectivity index (χ4v) is 12.3. The van der Waals surface area contributed by atoms with Gasteiger partial charge in [-0.3, -0.25) is 22.8 Å². The molecule has 8 rings (SSSR count). The average Bonchev–Trinajstić information content (AvgIpc) is 4.08. The highest BCUT2D eigenvalue weighted by molar-refractivity contribution is 7.87. The number of fused-ring (bicyclic) bond motifs is 3. The van der Waals surface area contributed by atoms with Crippen molar-refractivity contribution in [1.82, 2.24) is 14.8 Å². The van der Waals surface area contributed by atoms with Crippen molar-refractivity contribution < 1.29 is 97.5 Å². The van der Waals surface area contributed by atoms with E-state index < -0.39 is 110 Å². The number of aromatic hydroxyl groups is 2. The van der Waals surface area contributed by atoms with Crippen molar-refractivity contribution >= 4 is 138 Å². The van der Waals surface area contributed by atoms with E-state index in [-0.39, 0.29) is 95.4 Å². The second kappa shape index (κ2) is 22.8.